The second-order valence-electron chi connectivity index (χ2n) is 3.94. The molecule has 0 aliphatic carbocycles. The Balaban J connectivity index is 2.99. The van der Waals surface area contributed by atoms with Gasteiger partial charge < -0.3 is 15.4 Å². The van der Waals surface area contributed by atoms with E-state index >= 15 is 0 Å². The van der Waals surface area contributed by atoms with Gasteiger partial charge in [-0.25, -0.2) is 0 Å². The van der Waals surface area contributed by atoms with Gasteiger partial charge in [-0.1, -0.05) is 6.07 Å². The van der Waals surface area contributed by atoms with Crippen molar-refractivity contribution in [2.24, 2.45) is 5.73 Å². The summed E-state index contributed by atoms with van der Waals surface area (Å²) >= 11 is 0. The SMILES string of the molecule is CCOc1cc(N(CC)CC)ccc1CCN. The van der Waals surface area contributed by atoms with Crippen LogP contribution in [0.3, 0.4) is 0 Å². The van der Waals surface area contributed by atoms with E-state index in [0.717, 1.165) is 25.3 Å². The van der Waals surface area contributed by atoms with Crippen molar-refractivity contribution in [3.8, 4) is 5.75 Å². The van der Waals surface area contributed by atoms with Crippen LogP contribution in [-0.4, -0.2) is 26.2 Å². The summed E-state index contributed by atoms with van der Waals surface area (Å²) in [5.74, 6) is 0.974. The zero-order valence-corrected chi connectivity index (χ0v) is 11.2. The fourth-order valence-electron chi connectivity index (χ4n) is 1.98. The van der Waals surface area contributed by atoms with Crippen LogP contribution in [0.5, 0.6) is 5.75 Å². The third-order valence-electron chi connectivity index (χ3n) is 2.89. The molecule has 17 heavy (non-hydrogen) atoms. The molecule has 0 saturated heterocycles. The van der Waals surface area contributed by atoms with Gasteiger partial charge in [0.05, 0.1) is 6.61 Å². The first-order valence-corrected chi connectivity index (χ1v) is 6.47. The molecule has 96 valence electrons. The standard InChI is InChI=1S/C14H24N2O/c1-4-16(5-2)13-8-7-12(9-10-15)14(11-13)17-6-3/h7-8,11H,4-6,9-10,15H2,1-3H3. The molecule has 0 spiro atoms. The predicted octanol–water partition coefficient (Wildman–Crippen LogP) is 2.43. The minimum absolute atomic E-state index is 0.657. The molecule has 3 nitrogen and oxygen atoms in total. The zero-order chi connectivity index (χ0) is 12.7. The van der Waals surface area contributed by atoms with E-state index in [0.29, 0.717) is 13.2 Å². The Morgan fingerprint density at radius 2 is 1.88 bits per heavy atom. The van der Waals surface area contributed by atoms with Crippen LogP contribution in [-0.2, 0) is 6.42 Å². The second-order valence-corrected chi connectivity index (χ2v) is 3.94. The molecule has 0 atom stereocenters. The zero-order valence-electron chi connectivity index (χ0n) is 11.2. The van der Waals surface area contributed by atoms with Gasteiger partial charge in [0, 0.05) is 24.8 Å². The average Bonchev–Trinajstić information content (AvgIpc) is 2.34. The molecule has 0 saturated carbocycles. The van der Waals surface area contributed by atoms with E-state index < -0.39 is 0 Å². The fraction of sp³-hybridized carbons (Fsp3) is 0.571. The Bertz CT molecular complexity index is 335. The number of hydrogen-bond acceptors (Lipinski definition) is 3. The lowest BCUT2D eigenvalue weighted by Gasteiger charge is -2.22. The van der Waals surface area contributed by atoms with Gasteiger partial charge in [-0.05, 0) is 45.4 Å². The van der Waals surface area contributed by atoms with E-state index in [1.807, 2.05) is 6.92 Å². The summed E-state index contributed by atoms with van der Waals surface area (Å²) < 4.78 is 5.69. The highest BCUT2D eigenvalue weighted by Crippen LogP contribution is 2.26. The third kappa shape index (κ3) is 3.63. The van der Waals surface area contributed by atoms with Crippen molar-refractivity contribution in [2.45, 2.75) is 27.2 Å². The summed E-state index contributed by atoms with van der Waals surface area (Å²) in [5.41, 5.74) is 8.03. The summed E-state index contributed by atoms with van der Waals surface area (Å²) in [6.45, 7) is 9.71. The number of hydrogen-bond donors (Lipinski definition) is 1. The number of rotatable bonds is 7. The molecule has 2 N–H and O–H groups in total. The van der Waals surface area contributed by atoms with Crippen LogP contribution < -0.4 is 15.4 Å². The minimum Gasteiger partial charge on any atom is -0.494 e. The van der Waals surface area contributed by atoms with Crippen LogP contribution in [0.4, 0.5) is 5.69 Å². The maximum absolute atomic E-state index is 5.69. The lowest BCUT2D eigenvalue weighted by atomic mass is 10.1. The number of nitrogens with two attached hydrogens (primary N) is 1. The van der Waals surface area contributed by atoms with Crippen LogP contribution in [0.2, 0.25) is 0 Å². The molecule has 0 fully saturated rings. The van der Waals surface area contributed by atoms with Gasteiger partial charge in [0.1, 0.15) is 5.75 Å². The van der Waals surface area contributed by atoms with Gasteiger partial charge in [0.25, 0.3) is 0 Å². The third-order valence-corrected chi connectivity index (χ3v) is 2.89. The summed E-state index contributed by atoms with van der Waals surface area (Å²) in [5, 5.41) is 0. The largest absolute Gasteiger partial charge is 0.494 e. The van der Waals surface area contributed by atoms with Crippen molar-refractivity contribution < 1.29 is 4.74 Å². The van der Waals surface area contributed by atoms with E-state index in [9.17, 15) is 0 Å². The van der Waals surface area contributed by atoms with Crippen LogP contribution in [0.15, 0.2) is 18.2 Å². The molecule has 0 aliphatic heterocycles. The summed E-state index contributed by atoms with van der Waals surface area (Å²) in [6, 6.07) is 6.41. The van der Waals surface area contributed by atoms with Crippen molar-refractivity contribution in [1.82, 2.24) is 0 Å². The quantitative estimate of drug-likeness (QED) is 0.790. The number of benzene rings is 1. The highest BCUT2D eigenvalue weighted by molar-refractivity contribution is 5.53. The van der Waals surface area contributed by atoms with Gasteiger partial charge in [-0.3, -0.25) is 0 Å². The highest BCUT2D eigenvalue weighted by Gasteiger charge is 2.07. The molecule has 0 aromatic heterocycles. The second kappa shape index (κ2) is 7.17. The Morgan fingerprint density at radius 1 is 1.18 bits per heavy atom. The summed E-state index contributed by atoms with van der Waals surface area (Å²) in [7, 11) is 0. The van der Waals surface area contributed by atoms with Crippen molar-refractivity contribution in [3.05, 3.63) is 23.8 Å². The maximum atomic E-state index is 5.69. The Kier molecular flexibility index (Phi) is 5.84. The molecule has 1 aromatic rings. The lowest BCUT2D eigenvalue weighted by Crippen LogP contribution is -2.21. The van der Waals surface area contributed by atoms with Crippen LogP contribution in [0.25, 0.3) is 0 Å². The van der Waals surface area contributed by atoms with Crippen LogP contribution in [0.1, 0.15) is 26.3 Å². The first kappa shape index (κ1) is 13.8. The van der Waals surface area contributed by atoms with Gasteiger partial charge in [-0.15, -0.1) is 0 Å². The molecule has 0 unspecified atom stereocenters. The van der Waals surface area contributed by atoms with Gasteiger partial charge in [0.2, 0.25) is 0 Å². The van der Waals surface area contributed by atoms with Gasteiger partial charge in [0.15, 0.2) is 0 Å². The maximum Gasteiger partial charge on any atom is 0.124 e. The number of anilines is 1. The molecule has 0 amide bonds. The van der Waals surface area contributed by atoms with Crippen molar-refractivity contribution in [3.63, 3.8) is 0 Å². The number of ether oxygens (including phenoxy) is 1. The smallest absolute Gasteiger partial charge is 0.124 e. The predicted molar refractivity (Wildman–Crippen MR) is 73.9 cm³/mol. The first-order valence-electron chi connectivity index (χ1n) is 6.47. The lowest BCUT2D eigenvalue weighted by molar-refractivity contribution is 0.336. The first-order chi connectivity index (χ1) is 8.26. The van der Waals surface area contributed by atoms with E-state index in [-0.39, 0.29) is 0 Å². The minimum atomic E-state index is 0.657. The molecule has 0 bridgehead atoms. The molecule has 0 radical (unpaired) electrons. The molecular weight excluding hydrogens is 212 g/mol. The van der Waals surface area contributed by atoms with Gasteiger partial charge >= 0.3 is 0 Å². The van der Waals surface area contributed by atoms with E-state index in [1.54, 1.807) is 0 Å². The van der Waals surface area contributed by atoms with E-state index in [2.05, 4.69) is 36.9 Å². The van der Waals surface area contributed by atoms with E-state index in [1.165, 1.54) is 11.3 Å². The Labute approximate surface area is 105 Å². The van der Waals surface area contributed by atoms with Crippen LogP contribution >= 0.6 is 0 Å². The van der Waals surface area contributed by atoms with Gasteiger partial charge in [-0.2, -0.15) is 0 Å². The van der Waals surface area contributed by atoms with Crippen molar-refractivity contribution in [2.75, 3.05) is 31.1 Å². The van der Waals surface area contributed by atoms with Crippen LogP contribution in [0, 0.1) is 0 Å². The fourth-order valence-corrected chi connectivity index (χ4v) is 1.98. The molecule has 3 heteroatoms. The topological polar surface area (TPSA) is 38.5 Å². The molecule has 0 aliphatic rings. The Hall–Kier alpha value is -1.22. The summed E-state index contributed by atoms with van der Waals surface area (Å²) in [4.78, 5) is 2.31. The summed E-state index contributed by atoms with van der Waals surface area (Å²) in [6.07, 6.45) is 0.869. The molecule has 1 aromatic carbocycles. The number of nitrogens with zero attached hydrogens (tertiary/aromatic N) is 1. The Morgan fingerprint density at radius 3 is 2.41 bits per heavy atom. The molecular formula is C14H24N2O. The molecule has 1 rings (SSSR count). The monoisotopic (exact) mass is 236 g/mol. The van der Waals surface area contributed by atoms with Crippen molar-refractivity contribution in [1.29, 1.82) is 0 Å². The normalized spacial score (nSPS) is 10.4. The molecule has 0 heterocycles. The highest BCUT2D eigenvalue weighted by atomic mass is 16.5. The average molecular weight is 236 g/mol. The van der Waals surface area contributed by atoms with Crippen molar-refractivity contribution >= 4 is 5.69 Å². The van der Waals surface area contributed by atoms with E-state index in [4.69, 9.17) is 10.5 Å².